The van der Waals surface area contributed by atoms with Crippen molar-refractivity contribution in [3.8, 4) is 0 Å². The minimum atomic E-state index is -0.221. The third-order valence-electron chi connectivity index (χ3n) is 3.98. The molecule has 2 rings (SSSR count). The van der Waals surface area contributed by atoms with Gasteiger partial charge in [-0.1, -0.05) is 45.4 Å². The minimum Gasteiger partial charge on any atom is -0.311 e. The van der Waals surface area contributed by atoms with Crippen LogP contribution < -0.4 is 11.2 Å². The number of aryl methyl sites for hydroxylation is 1. The summed E-state index contributed by atoms with van der Waals surface area (Å²) in [6.45, 7) is 2.04. The largest absolute Gasteiger partial charge is 0.328 e. The smallest absolute Gasteiger partial charge is 0.311 e. The molecule has 1 fully saturated rings. The first-order valence-corrected chi connectivity index (χ1v) is 7.57. The Balaban J connectivity index is 2.27. The van der Waals surface area contributed by atoms with E-state index in [1.54, 1.807) is 6.07 Å². The fourth-order valence-corrected chi connectivity index (χ4v) is 2.99. The molecule has 1 N–H and O–H groups in total. The lowest BCUT2D eigenvalue weighted by Gasteiger charge is -2.21. The molecule has 1 aliphatic rings. The molecule has 1 aliphatic carbocycles. The maximum Gasteiger partial charge on any atom is 0.328 e. The van der Waals surface area contributed by atoms with Crippen LogP contribution in [0.1, 0.15) is 70.0 Å². The van der Waals surface area contributed by atoms with Gasteiger partial charge in [0.2, 0.25) is 0 Å². The molecule has 0 bridgehead atoms. The van der Waals surface area contributed by atoms with Crippen LogP contribution in [-0.4, -0.2) is 9.55 Å². The summed E-state index contributed by atoms with van der Waals surface area (Å²) in [6, 6.07) is 1.69. The summed E-state index contributed by atoms with van der Waals surface area (Å²) in [7, 11) is 0. The van der Waals surface area contributed by atoms with Crippen molar-refractivity contribution in [2.24, 2.45) is 0 Å². The molecule has 0 atom stereocenters. The zero-order valence-corrected chi connectivity index (χ0v) is 11.8. The molecule has 0 saturated heterocycles. The van der Waals surface area contributed by atoms with Gasteiger partial charge in [-0.05, 0) is 19.3 Å². The van der Waals surface area contributed by atoms with E-state index in [4.69, 9.17) is 0 Å². The van der Waals surface area contributed by atoms with E-state index in [1.165, 1.54) is 23.8 Å². The van der Waals surface area contributed by atoms with Crippen LogP contribution >= 0.6 is 0 Å². The number of nitrogens with one attached hydrogen (secondary N) is 1. The van der Waals surface area contributed by atoms with Gasteiger partial charge in [-0.25, -0.2) is 4.79 Å². The predicted molar refractivity (Wildman–Crippen MR) is 76.7 cm³/mol. The molecule has 0 radical (unpaired) electrons. The van der Waals surface area contributed by atoms with Gasteiger partial charge in [-0.2, -0.15) is 0 Å². The molecule has 1 aromatic rings. The van der Waals surface area contributed by atoms with Gasteiger partial charge in [-0.15, -0.1) is 0 Å². The quantitative estimate of drug-likeness (QED) is 0.912. The Hall–Kier alpha value is -1.32. The number of hydrogen-bond acceptors (Lipinski definition) is 2. The number of hydrogen-bond donors (Lipinski definition) is 1. The highest BCUT2D eigenvalue weighted by Gasteiger charge is 2.17. The van der Waals surface area contributed by atoms with E-state index >= 15 is 0 Å². The molecule has 106 valence electrons. The Morgan fingerprint density at radius 2 is 1.79 bits per heavy atom. The van der Waals surface area contributed by atoms with E-state index in [2.05, 4.69) is 4.98 Å². The van der Waals surface area contributed by atoms with Gasteiger partial charge in [-0.3, -0.25) is 9.36 Å². The lowest BCUT2D eigenvalue weighted by atomic mass is 9.96. The fraction of sp³-hybridized carbons (Fsp3) is 0.733. The van der Waals surface area contributed by atoms with Gasteiger partial charge in [0.05, 0.1) is 0 Å². The molecule has 1 saturated carbocycles. The maximum atomic E-state index is 12.2. The highest BCUT2D eigenvalue weighted by molar-refractivity contribution is 5.00. The second-order valence-corrected chi connectivity index (χ2v) is 5.56. The third kappa shape index (κ3) is 3.58. The fourth-order valence-electron chi connectivity index (χ4n) is 2.99. The Morgan fingerprint density at radius 1 is 1.16 bits per heavy atom. The topological polar surface area (TPSA) is 54.9 Å². The number of aromatic amines is 1. The van der Waals surface area contributed by atoms with Crippen molar-refractivity contribution in [2.45, 2.75) is 70.8 Å². The molecular weight excluding hydrogens is 240 g/mol. The van der Waals surface area contributed by atoms with Crippen LogP contribution in [0.25, 0.3) is 0 Å². The van der Waals surface area contributed by atoms with E-state index < -0.39 is 0 Å². The number of H-pyrrole nitrogens is 1. The van der Waals surface area contributed by atoms with Crippen LogP contribution in [0, 0.1) is 0 Å². The van der Waals surface area contributed by atoms with Crippen LogP contribution in [0.2, 0.25) is 0 Å². The highest BCUT2D eigenvalue weighted by Crippen LogP contribution is 2.24. The first-order chi connectivity index (χ1) is 9.22. The lowest BCUT2D eigenvalue weighted by Crippen LogP contribution is -2.38. The Bertz CT molecular complexity index is 476. The number of aromatic nitrogens is 2. The Labute approximate surface area is 113 Å². The summed E-state index contributed by atoms with van der Waals surface area (Å²) < 4.78 is 1.45. The number of rotatable bonds is 3. The maximum absolute atomic E-state index is 12.2. The van der Waals surface area contributed by atoms with Crippen molar-refractivity contribution >= 4 is 0 Å². The summed E-state index contributed by atoms with van der Waals surface area (Å²) in [5.41, 5.74) is 0.416. The molecule has 4 heteroatoms. The first-order valence-electron chi connectivity index (χ1n) is 7.57. The van der Waals surface area contributed by atoms with Crippen molar-refractivity contribution in [1.29, 1.82) is 0 Å². The van der Waals surface area contributed by atoms with E-state index in [9.17, 15) is 9.59 Å². The highest BCUT2D eigenvalue weighted by atomic mass is 16.2. The van der Waals surface area contributed by atoms with Crippen molar-refractivity contribution in [1.82, 2.24) is 9.55 Å². The van der Waals surface area contributed by atoms with Crippen molar-refractivity contribution in [3.05, 3.63) is 32.6 Å². The van der Waals surface area contributed by atoms with Crippen molar-refractivity contribution in [3.63, 3.8) is 0 Å². The zero-order valence-electron chi connectivity index (χ0n) is 11.8. The summed E-state index contributed by atoms with van der Waals surface area (Å²) in [4.78, 5) is 27.2. The summed E-state index contributed by atoms with van der Waals surface area (Å²) in [5, 5.41) is 0. The molecule has 1 heterocycles. The van der Waals surface area contributed by atoms with Gasteiger partial charge in [0.1, 0.15) is 0 Å². The monoisotopic (exact) mass is 264 g/mol. The van der Waals surface area contributed by atoms with Gasteiger partial charge in [0, 0.05) is 17.8 Å². The molecule has 0 aromatic carbocycles. The SMILES string of the molecule is CCCc1cc(=O)n(C2CCCCCCC2)c(=O)[nH]1. The average Bonchev–Trinajstić information content (AvgIpc) is 2.31. The summed E-state index contributed by atoms with van der Waals surface area (Å²) >= 11 is 0. The Morgan fingerprint density at radius 3 is 2.37 bits per heavy atom. The minimum absolute atomic E-state index is 0.0900. The van der Waals surface area contributed by atoms with Gasteiger partial charge in [0.25, 0.3) is 5.56 Å². The van der Waals surface area contributed by atoms with Crippen molar-refractivity contribution < 1.29 is 0 Å². The van der Waals surface area contributed by atoms with Gasteiger partial charge < -0.3 is 4.98 Å². The third-order valence-corrected chi connectivity index (χ3v) is 3.98. The molecule has 1 aromatic heterocycles. The van der Waals surface area contributed by atoms with Gasteiger partial charge in [0.15, 0.2) is 0 Å². The standard InChI is InChI=1S/C15H24N2O2/c1-2-8-12-11-14(18)17(15(19)16-12)13-9-6-4-3-5-7-10-13/h11,13H,2-10H2,1H3,(H,16,19). The van der Waals surface area contributed by atoms with Crippen LogP contribution in [0.5, 0.6) is 0 Å². The molecule has 0 spiro atoms. The van der Waals surface area contributed by atoms with E-state index in [0.29, 0.717) is 0 Å². The number of nitrogens with zero attached hydrogens (tertiary/aromatic N) is 1. The lowest BCUT2D eigenvalue weighted by molar-refractivity contribution is 0.354. The second-order valence-electron chi connectivity index (χ2n) is 5.56. The van der Waals surface area contributed by atoms with Gasteiger partial charge >= 0.3 is 5.69 Å². The molecule has 0 amide bonds. The van der Waals surface area contributed by atoms with Crippen LogP contribution in [0.4, 0.5) is 0 Å². The van der Waals surface area contributed by atoms with Crippen LogP contribution in [0.3, 0.4) is 0 Å². The summed E-state index contributed by atoms with van der Waals surface area (Å²) in [5.74, 6) is 0. The Kier molecular flexibility index (Phi) is 5.00. The first kappa shape index (κ1) is 14.1. The van der Waals surface area contributed by atoms with Crippen molar-refractivity contribution in [2.75, 3.05) is 0 Å². The molecule has 19 heavy (non-hydrogen) atoms. The zero-order chi connectivity index (χ0) is 13.7. The molecule has 0 unspecified atom stereocenters. The summed E-state index contributed by atoms with van der Waals surface area (Å²) in [6.07, 6.45) is 9.56. The molecular formula is C15H24N2O2. The van der Waals surface area contributed by atoms with E-state index in [-0.39, 0.29) is 17.3 Å². The van der Waals surface area contributed by atoms with E-state index in [0.717, 1.165) is 44.2 Å². The predicted octanol–water partition coefficient (Wildman–Crippen LogP) is 2.77. The average molecular weight is 264 g/mol. The second kappa shape index (κ2) is 6.73. The van der Waals surface area contributed by atoms with E-state index in [1.807, 2.05) is 6.92 Å². The van der Waals surface area contributed by atoms with Crippen LogP contribution in [-0.2, 0) is 6.42 Å². The molecule has 4 nitrogen and oxygen atoms in total. The van der Waals surface area contributed by atoms with Crippen LogP contribution in [0.15, 0.2) is 15.7 Å². The normalized spacial score (nSPS) is 17.9. The molecule has 0 aliphatic heterocycles.